The van der Waals surface area contributed by atoms with Crippen molar-refractivity contribution in [2.45, 2.75) is 12.6 Å². The number of halogens is 3. The van der Waals surface area contributed by atoms with Crippen molar-refractivity contribution >= 4 is 39.9 Å². The lowest BCUT2D eigenvalue weighted by atomic mass is 10.1. The van der Waals surface area contributed by atoms with Crippen LogP contribution in [0.25, 0.3) is 16.6 Å². The number of anilines is 1. The van der Waals surface area contributed by atoms with Crippen LogP contribution in [-0.2, 0) is 0 Å². The Morgan fingerprint density at radius 1 is 1.26 bits per heavy atom. The fraction of sp³-hybridized carbons (Fsp3) is 0.250. The second-order valence-corrected chi connectivity index (χ2v) is 6.34. The first-order valence-corrected chi connectivity index (χ1v) is 8.05. The van der Waals surface area contributed by atoms with Crippen LogP contribution in [0.5, 0.6) is 0 Å². The van der Waals surface area contributed by atoms with Crippen LogP contribution in [0.2, 0.25) is 10.0 Å². The van der Waals surface area contributed by atoms with Crippen molar-refractivity contribution in [3.05, 3.63) is 47.0 Å². The number of aromatic nitrogens is 3. The van der Waals surface area contributed by atoms with Crippen LogP contribution in [-0.4, -0.2) is 33.8 Å². The molecule has 0 N–H and O–H groups in total. The molecule has 1 aliphatic rings. The fourth-order valence-corrected chi connectivity index (χ4v) is 3.27. The molecule has 3 aromatic rings. The molecule has 0 saturated carbocycles. The van der Waals surface area contributed by atoms with Gasteiger partial charge in [-0.1, -0.05) is 23.2 Å². The highest BCUT2D eigenvalue weighted by atomic mass is 35.5. The summed E-state index contributed by atoms with van der Waals surface area (Å²) >= 11 is 12.5. The van der Waals surface area contributed by atoms with E-state index in [4.69, 9.17) is 23.2 Å². The number of pyridine rings is 1. The number of fused-ring (bicyclic) bond motifs is 1. The van der Waals surface area contributed by atoms with Gasteiger partial charge >= 0.3 is 0 Å². The minimum Gasteiger partial charge on any atom is -0.354 e. The van der Waals surface area contributed by atoms with Crippen molar-refractivity contribution in [1.82, 2.24) is 14.5 Å². The molecule has 23 heavy (non-hydrogen) atoms. The van der Waals surface area contributed by atoms with Gasteiger partial charge in [-0.25, -0.2) is 14.4 Å². The Labute approximate surface area is 142 Å². The molecule has 0 unspecified atom stereocenters. The highest BCUT2D eigenvalue weighted by Gasteiger charge is 2.24. The second kappa shape index (κ2) is 5.65. The van der Waals surface area contributed by atoms with Crippen molar-refractivity contribution in [2.75, 3.05) is 18.0 Å². The number of alkyl halides is 1. The van der Waals surface area contributed by atoms with Crippen molar-refractivity contribution < 1.29 is 4.39 Å². The molecule has 0 amide bonds. The van der Waals surface area contributed by atoms with Crippen molar-refractivity contribution in [1.29, 1.82) is 0 Å². The van der Waals surface area contributed by atoms with E-state index in [1.807, 2.05) is 27.8 Å². The predicted molar refractivity (Wildman–Crippen MR) is 90.6 cm³/mol. The van der Waals surface area contributed by atoms with Crippen LogP contribution in [0.1, 0.15) is 6.42 Å². The van der Waals surface area contributed by atoms with Crippen LogP contribution < -0.4 is 4.90 Å². The summed E-state index contributed by atoms with van der Waals surface area (Å²) in [5, 5.41) is 1.73. The molecule has 1 aliphatic heterocycles. The van der Waals surface area contributed by atoms with E-state index in [0.717, 1.165) is 11.1 Å². The van der Waals surface area contributed by atoms with E-state index in [1.54, 1.807) is 18.6 Å². The molecule has 1 atom stereocenters. The summed E-state index contributed by atoms with van der Waals surface area (Å²) in [4.78, 5) is 10.7. The molecular weight excluding hydrogens is 338 g/mol. The average molecular weight is 351 g/mol. The number of rotatable bonds is 2. The smallest absolute Gasteiger partial charge is 0.131 e. The van der Waals surface area contributed by atoms with Gasteiger partial charge in [-0.05, 0) is 18.6 Å². The quantitative estimate of drug-likeness (QED) is 0.691. The first kappa shape index (κ1) is 14.7. The Bertz CT molecular complexity index is 866. The van der Waals surface area contributed by atoms with Crippen LogP contribution in [0, 0.1) is 0 Å². The van der Waals surface area contributed by atoms with Gasteiger partial charge in [-0.2, -0.15) is 0 Å². The number of benzene rings is 1. The lowest BCUT2D eigenvalue weighted by molar-refractivity contribution is 0.364. The van der Waals surface area contributed by atoms with Gasteiger partial charge in [0.15, 0.2) is 0 Å². The van der Waals surface area contributed by atoms with Gasteiger partial charge in [0, 0.05) is 30.4 Å². The molecule has 3 heterocycles. The van der Waals surface area contributed by atoms with Crippen LogP contribution in [0.4, 0.5) is 10.2 Å². The van der Waals surface area contributed by atoms with E-state index in [-0.39, 0.29) is 0 Å². The van der Waals surface area contributed by atoms with Gasteiger partial charge in [0.1, 0.15) is 12.0 Å². The van der Waals surface area contributed by atoms with Crippen molar-refractivity contribution in [3.63, 3.8) is 0 Å². The maximum absolute atomic E-state index is 13.6. The van der Waals surface area contributed by atoms with Crippen molar-refractivity contribution in [3.8, 4) is 5.69 Å². The van der Waals surface area contributed by atoms with Gasteiger partial charge < -0.3 is 9.47 Å². The minimum atomic E-state index is -0.820. The summed E-state index contributed by atoms with van der Waals surface area (Å²) in [5.41, 5.74) is 1.51. The lowest BCUT2D eigenvalue weighted by Gasteiger charge is -2.19. The summed E-state index contributed by atoms with van der Waals surface area (Å²) in [7, 11) is 0. The zero-order chi connectivity index (χ0) is 16.0. The van der Waals surface area contributed by atoms with E-state index >= 15 is 0 Å². The first-order chi connectivity index (χ1) is 11.1. The standard InChI is InChI=1S/C16H13Cl2FN4/c17-12-2-1-11-13(23-6-4-20-9-23)7-14(21-16(11)15(12)18)22-5-3-10(19)8-22/h1-2,4,6-7,9-10H,3,5,8H2/t10-/m1/s1. The predicted octanol–water partition coefficient (Wildman–Crippen LogP) is 4.28. The molecule has 118 valence electrons. The molecule has 1 aromatic carbocycles. The molecule has 4 nitrogen and oxygen atoms in total. The summed E-state index contributed by atoms with van der Waals surface area (Å²) < 4.78 is 15.4. The zero-order valence-corrected chi connectivity index (χ0v) is 13.6. The third-order valence-electron chi connectivity index (χ3n) is 4.07. The van der Waals surface area contributed by atoms with Gasteiger partial charge in [0.2, 0.25) is 0 Å². The van der Waals surface area contributed by atoms with E-state index in [0.29, 0.717) is 40.9 Å². The van der Waals surface area contributed by atoms with Gasteiger partial charge in [0.05, 0.1) is 34.1 Å². The van der Waals surface area contributed by atoms with E-state index < -0.39 is 6.17 Å². The molecule has 1 fully saturated rings. The highest BCUT2D eigenvalue weighted by molar-refractivity contribution is 6.45. The van der Waals surface area contributed by atoms with Crippen molar-refractivity contribution in [2.24, 2.45) is 0 Å². The number of hydrogen-bond acceptors (Lipinski definition) is 3. The maximum atomic E-state index is 13.6. The first-order valence-electron chi connectivity index (χ1n) is 7.29. The average Bonchev–Trinajstić information content (AvgIpc) is 3.21. The summed E-state index contributed by atoms with van der Waals surface area (Å²) in [6.07, 6.45) is 4.96. The van der Waals surface area contributed by atoms with E-state index in [9.17, 15) is 4.39 Å². The van der Waals surface area contributed by atoms with E-state index in [1.165, 1.54) is 0 Å². The lowest BCUT2D eigenvalue weighted by Crippen LogP contribution is -2.21. The number of hydrogen-bond donors (Lipinski definition) is 0. The van der Waals surface area contributed by atoms with E-state index in [2.05, 4.69) is 9.97 Å². The number of nitrogens with zero attached hydrogens (tertiary/aromatic N) is 4. The zero-order valence-electron chi connectivity index (χ0n) is 12.1. The Balaban J connectivity index is 1.96. The van der Waals surface area contributed by atoms with Gasteiger partial charge in [-0.3, -0.25) is 0 Å². The normalized spacial score (nSPS) is 18.0. The summed E-state index contributed by atoms with van der Waals surface area (Å²) in [5.74, 6) is 0.700. The molecule has 0 aliphatic carbocycles. The largest absolute Gasteiger partial charge is 0.354 e. The third-order valence-corrected chi connectivity index (χ3v) is 4.87. The Hall–Kier alpha value is -1.85. The van der Waals surface area contributed by atoms with Crippen LogP contribution >= 0.6 is 23.2 Å². The second-order valence-electron chi connectivity index (χ2n) is 5.56. The molecule has 4 rings (SSSR count). The molecule has 0 radical (unpaired) electrons. The molecule has 7 heteroatoms. The third kappa shape index (κ3) is 2.54. The molecular formula is C16H13Cl2FN4. The Kier molecular flexibility index (Phi) is 3.62. The Morgan fingerprint density at radius 2 is 2.13 bits per heavy atom. The monoisotopic (exact) mass is 350 g/mol. The topological polar surface area (TPSA) is 34.0 Å². The fourth-order valence-electron chi connectivity index (χ4n) is 2.91. The Morgan fingerprint density at radius 3 is 2.83 bits per heavy atom. The highest BCUT2D eigenvalue weighted by Crippen LogP contribution is 2.35. The molecule has 1 saturated heterocycles. The number of imidazole rings is 1. The molecule has 0 bridgehead atoms. The summed E-state index contributed by atoms with van der Waals surface area (Å²) in [6.45, 7) is 0.987. The van der Waals surface area contributed by atoms with Gasteiger partial charge in [-0.15, -0.1) is 0 Å². The summed E-state index contributed by atoms with van der Waals surface area (Å²) in [6, 6.07) is 5.57. The maximum Gasteiger partial charge on any atom is 0.131 e. The minimum absolute atomic E-state index is 0.347. The van der Waals surface area contributed by atoms with Crippen LogP contribution in [0.15, 0.2) is 36.9 Å². The molecule has 2 aromatic heterocycles. The van der Waals surface area contributed by atoms with Gasteiger partial charge in [0.25, 0.3) is 0 Å². The van der Waals surface area contributed by atoms with Crippen LogP contribution in [0.3, 0.4) is 0 Å². The molecule has 0 spiro atoms. The SMILES string of the molecule is F[C@@H]1CCN(c2cc(-n3ccnc3)c3ccc(Cl)c(Cl)c3n2)C1.